The number of rotatable bonds is 2. The number of hydrogen-bond acceptors (Lipinski definition) is 3. The Bertz CT molecular complexity index is 474. The average molecular weight is 272 g/mol. The molecule has 1 heterocycles. The summed E-state index contributed by atoms with van der Waals surface area (Å²) in [5.74, 6) is -0.137. The number of piperidine rings is 1. The van der Waals surface area contributed by atoms with Crippen molar-refractivity contribution in [3.63, 3.8) is 0 Å². The summed E-state index contributed by atoms with van der Waals surface area (Å²) in [6, 6.07) is 5.20. The van der Waals surface area contributed by atoms with Gasteiger partial charge in [-0.2, -0.15) is 5.10 Å². The molecule has 1 aliphatic heterocycles. The van der Waals surface area contributed by atoms with Crippen LogP contribution in [0.5, 0.6) is 0 Å². The minimum Gasteiger partial charge on any atom is -0.351 e. The number of nitrogens with zero attached hydrogens (tertiary/aromatic N) is 1. The lowest BCUT2D eigenvalue weighted by Crippen LogP contribution is -2.37. The summed E-state index contributed by atoms with van der Waals surface area (Å²) in [6.07, 6.45) is 1.56. The van der Waals surface area contributed by atoms with Crippen molar-refractivity contribution in [3.8, 4) is 0 Å². The highest BCUT2D eigenvalue weighted by Gasteiger charge is 2.15. The second-order valence-corrected chi connectivity index (χ2v) is 4.42. The molecule has 1 amide bonds. The second-order valence-electron chi connectivity index (χ2n) is 3.63. The average Bonchev–Trinajstić information content (AvgIpc) is 2.33. The highest BCUT2D eigenvalue weighted by Crippen LogP contribution is 2.29. The zero-order valence-electron chi connectivity index (χ0n) is 8.96. The first-order chi connectivity index (χ1) is 8.18. The van der Waals surface area contributed by atoms with E-state index in [1.165, 1.54) is 0 Å². The Hall–Kier alpha value is -1.26. The van der Waals surface area contributed by atoms with E-state index in [4.69, 9.17) is 23.2 Å². The zero-order chi connectivity index (χ0) is 12.3. The van der Waals surface area contributed by atoms with Crippen LogP contribution in [0.3, 0.4) is 0 Å². The summed E-state index contributed by atoms with van der Waals surface area (Å²) in [4.78, 5) is 11.4. The van der Waals surface area contributed by atoms with E-state index in [1.807, 2.05) is 0 Å². The molecule has 0 spiro atoms. The molecule has 4 nitrogen and oxygen atoms in total. The summed E-state index contributed by atoms with van der Waals surface area (Å²) < 4.78 is 0. The normalized spacial score (nSPS) is 18.0. The van der Waals surface area contributed by atoms with Crippen LogP contribution in [0.4, 0.5) is 5.69 Å². The third-order valence-corrected chi connectivity index (χ3v) is 3.22. The number of carbonyl (C=O) groups excluding carboxylic acids is 1. The fourth-order valence-corrected chi connectivity index (χ4v) is 1.84. The molecule has 6 heteroatoms. The van der Waals surface area contributed by atoms with E-state index in [0.717, 1.165) is 6.42 Å². The van der Waals surface area contributed by atoms with E-state index in [0.29, 0.717) is 34.4 Å². The molecule has 0 aliphatic carbocycles. The van der Waals surface area contributed by atoms with Gasteiger partial charge in [0.05, 0.1) is 15.7 Å². The number of halogens is 2. The molecule has 2 rings (SSSR count). The Morgan fingerprint density at radius 1 is 1.35 bits per heavy atom. The third-order valence-electron chi connectivity index (χ3n) is 2.40. The highest BCUT2D eigenvalue weighted by atomic mass is 35.5. The number of hydrazone groups is 1. The van der Waals surface area contributed by atoms with Crippen molar-refractivity contribution in [1.29, 1.82) is 0 Å². The number of amides is 1. The molecular weight excluding hydrogens is 261 g/mol. The van der Waals surface area contributed by atoms with E-state index < -0.39 is 0 Å². The van der Waals surface area contributed by atoms with Crippen molar-refractivity contribution in [1.82, 2.24) is 5.32 Å². The van der Waals surface area contributed by atoms with E-state index in [2.05, 4.69) is 15.8 Å². The lowest BCUT2D eigenvalue weighted by Gasteiger charge is -2.13. The van der Waals surface area contributed by atoms with Crippen molar-refractivity contribution in [2.24, 2.45) is 5.10 Å². The van der Waals surface area contributed by atoms with Crippen LogP contribution in [0.2, 0.25) is 10.0 Å². The van der Waals surface area contributed by atoms with Gasteiger partial charge in [-0.1, -0.05) is 29.3 Å². The van der Waals surface area contributed by atoms with E-state index >= 15 is 0 Å². The molecule has 0 aromatic heterocycles. The van der Waals surface area contributed by atoms with Crippen LogP contribution in [-0.4, -0.2) is 18.2 Å². The maximum atomic E-state index is 11.4. The molecule has 0 bridgehead atoms. The van der Waals surface area contributed by atoms with Gasteiger partial charge in [0.15, 0.2) is 0 Å². The number of hydrogen-bond donors (Lipinski definition) is 2. The molecule has 1 aromatic rings. The van der Waals surface area contributed by atoms with Gasteiger partial charge in [-0.25, -0.2) is 0 Å². The molecule has 0 unspecified atom stereocenters. The Morgan fingerprint density at radius 3 is 2.94 bits per heavy atom. The van der Waals surface area contributed by atoms with E-state index in [9.17, 15) is 4.79 Å². The van der Waals surface area contributed by atoms with Gasteiger partial charge in [0, 0.05) is 6.54 Å². The highest BCUT2D eigenvalue weighted by molar-refractivity contribution is 6.43. The van der Waals surface area contributed by atoms with Crippen molar-refractivity contribution in [2.75, 3.05) is 12.0 Å². The summed E-state index contributed by atoms with van der Waals surface area (Å²) in [7, 11) is 0. The molecular formula is C11H11Cl2N3O. The quantitative estimate of drug-likeness (QED) is 0.813. The van der Waals surface area contributed by atoms with Gasteiger partial charge in [0.1, 0.15) is 5.71 Å². The van der Waals surface area contributed by atoms with Crippen LogP contribution < -0.4 is 10.7 Å². The van der Waals surface area contributed by atoms with Gasteiger partial charge < -0.3 is 5.32 Å². The first-order valence-corrected chi connectivity index (χ1v) is 5.99. The maximum absolute atomic E-state index is 11.4. The van der Waals surface area contributed by atoms with Crippen molar-refractivity contribution < 1.29 is 4.79 Å². The molecule has 1 saturated heterocycles. The molecule has 0 saturated carbocycles. The smallest absolute Gasteiger partial charge is 0.267 e. The Kier molecular flexibility index (Phi) is 3.86. The van der Waals surface area contributed by atoms with Gasteiger partial charge in [0.2, 0.25) is 0 Å². The SMILES string of the molecule is O=C1NCCC/C1=N/Nc1cccc(Cl)c1Cl. The summed E-state index contributed by atoms with van der Waals surface area (Å²) in [5, 5.41) is 7.62. The topological polar surface area (TPSA) is 53.5 Å². The molecule has 0 radical (unpaired) electrons. The number of nitrogens with one attached hydrogen (secondary N) is 2. The summed E-state index contributed by atoms with van der Waals surface area (Å²) >= 11 is 11.8. The lowest BCUT2D eigenvalue weighted by molar-refractivity contribution is -0.115. The summed E-state index contributed by atoms with van der Waals surface area (Å²) in [6.45, 7) is 0.704. The standard InChI is InChI=1S/C11H11Cl2N3O/c12-7-3-1-4-8(10(7)13)15-16-9-5-2-6-14-11(9)17/h1,3-4,15H,2,5-6H2,(H,14,17)/b16-9-. The Balaban J connectivity index is 2.13. The molecule has 1 aliphatic rings. The fourth-order valence-electron chi connectivity index (χ4n) is 1.50. The van der Waals surface area contributed by atoms with Crippen molar-refractivity contribution >= 4 is 40.5 Å². The monoisotopic (exact) mass is 271 g/mol. The van der Waals surface area contributed by atoms with Crippen LogP contribution in [0.25, 0.3) is 0 Å². The molecule has 1 aromatic carbocycles. The van der Waals surface area contributed by atoms with Gasteiger partial charge >= 0.3 is 0 Å². The van der Waals surface area contributed by atoms with Gasteiger partial charge in [-0.15, -0.1) is 0 Å². The minimum atomic E-state index is -0.137. The Labute approximate surface area is 109 Å². The molecule has 1 fully saturated rings. The first kappa shape index (κ1) is 12.2. The predicted octanol–water partition coefficient (Wildman–Crippen LogP) is 2.67. The summed E-state index contributed by atoms with van der Waals surface area (Å²) in [5.41, 5.74) is 3.83. The molecule has 90 valence electrons. The first-order valence-electron chi connectivity index (χ1n) is 5.23. The number of anilines is 1. The molecule has 2 N–H and O–H groups in total. The van der Waals surface area contributed by atoms with Gasteiger partial charge in [0.25, 0.3) is 5.91 Å². The van der Waals surface area contributed by atoms with E-state index in [1.54, 1.807) is 18.2 Å². The van der Waals surface area contributed by atoms with Crippen LogP contribution in [0.15, 0.2) is 23.3 Å². The van der Waals surface area contributed by atoms with Crippen LogP contribution in [0, 0.1) is 0 Å². The van der Waals surface area contributed by atoms with Crippen molar-refractivity contribution in [3.05, 3.63) is 28.2 Å². The Morgan fingerprint density at radius 2 is 2.18 bits per heavy atom. The second kappa shape index (κ2) is 5.38. The van der Waals surface area contributed by atoms with Crippen LogP contribution in [0.1, 0.15) is 12.8 Å². The van der Waals surface area contributed by atoms with Crippen molar-refractivity contribution in [2.45, 2.75) is 12.8 Å². The van der Waals surface area contributed by atoms with Gasteiger partial charge in [-0.05, 0) is 25.0 Å². The molecule has 17 heavy (non-hydrogen) atoms. The third kappa shape index (κ3) is 2.90. The number of benzene rings is 1. The molecule has 0 atom stereocenters. The van der Waals surface area contributed by atoms with Crippen LogP contribution >= 0.6 is 23.2 Å². The van der Waals surface area contributed by atoms with Gasteiger partial charge in [-0.3, -0.25) is 10.2 Å². The fraction of sp³-hybridized carbons (Fsp3) is 0.273. The largest absolute Gasteiger partial charge is 0.351 e. The lowest BCUT2D eigenvalue weighted by atomic mass is 10.1. The predicted molar refractivity (Wildman–Crippen MR) is 69.8 cm³/mol. The minimum absolute atomic E-state index is 0.137. The van der Waals surface area contributed by atoms with E-state index in [-0.39, 0.29) is 5.91 Å². The maximum Gasteiger partial charge on any atom is 0.267 e. The zero-order valence-corrected chi connectivity index (χ0v) is 10.5. The van der Waals surface area contributed by atoms with Crippen LogP contribution in [-0.2, 0) is 4.79 Å². The number of carbonyl (C=O) groups is 1.